The molecule has 0 aliphatic carbocycles. The van der Waals surface area contributed by atoms with Crippen molar-refractivity contribution < 1.29 is 13.6 Å². The minimum Gasteiger partial charge on any atom is -0.451 e. The molecule has 0 bridgehead atoms. The van der Waals surface area contributed by atoms with Crippen LogP contribution in [0, 0.1) is 12.7 Å². The van der Waals surface area contributed by atoms with Crippen molar-refractivity contribution in [3.8, 4) is 0 Å². The number of benzene rings is 2. The summed E-state index contributed by atoms with van der Waals surface area (Å²) in [5.41, 5.74) is 6.86. The van der Waals surface area contributed by atoms with Crippen LogP contribution in [0.2, 0.25) is 5.02 Å². The lowest BCUT2D eigenvalue weighted by atomic mass is 10.1. The Kier molecular flexibility index (Phi) is 4.87. The second-order valence-corrected chi connectivity index (χ2v) is 6.03. The Balaban J connectivity index is 1.64. The van der Waals surface area contributed by atoms with Crippen molar-refractivity contribution in [3.63, 3.8) is 0 Å². The molecule has 3 rings (SSSR count). The van der Waals surface area contributed by atoms with Gasteiger partial charge in [0.05, 0.1) is 5.02 Å². The standard InChI is InChI=1S/C17H13ClFN3O2S/c1-9-11-4-2-3-5-14(11)24-15(9)16(23)21-22-17(25)20-10-6-7-13(19)12(18)8-10/h2-8H,1H3,(H,21,23)(H2,20,22,25). The van der Waals surface area contributed by atoms with Crippen LogP contribution >= 0.6 is 23.8 Å². The molecule has 1 heterocycles. The number of halogens is 2. The van der Waals surface area contributed by atoms with Gasteiger partial charge < -0.3 is 9.73 Å². The third kappa shape index (κ3) is 3.72. The monoisotopic (exact) mass is 377 g/mol. The molecule has 5 nitrogen and oxygen atoms in total. The first-order valence-electron chi connectivity index (χ1n) is 7.26. The number of hydrogen-bond donors (Lipinski definition) is 3. The molecule has 0 unspecified atom stereocenters. The molecule has 25 heavy (non-hydrogen) atoms. The third-order valence-corrected chi connectivity index (χ3v) is 4.01. The molecule has 0 saturated carbocycles. The Morgan fingerprint density at radius 1 is 1.20 bits per heavy atom. The van der Waals surface area contributed by atoms with E-state index in [0.29, 0.717) is 11.3 Å². The fourth-order valence-electron chi connectivity index (χ4n) is 2.30. The van der Waals surface area contributed by atoms with Gasteiger partial charge in [-0.25, -0.2) is 4.39 Å². The average molecular weight is 378 g/mol. The largest absolute Gasteiger partial charge is 0.451 e. The van der Waals surface area contributed by atoms with Gasteiger partial charge in [0.2, 0.25) is 0 Å². The number of rotatable bonds is 2. The molecule has 1 amide bonds. The maximum Gasteiger partial charge on any atom is 0.305 e. The molecule has 0 aliphatic heterocycles. The number of aryl methyl sites for hydroxylation is 1. The lowest BCUT2D eigenvalue weighted by Gasteiger charge is -2.11. The highest BCUT2D eigenvalue weighted by Crippen LogP contribution is 2.24. The molecule has 0 atom stereocenters. The molecule has 8 heteroatoms. The number of nitrogens with one attached hydrogen (secondary N) is 3. The maximum absolute atomic E-state index is 13.1. The van der Waals surface area contributed by atoms with E-state index in [4.69, 9.17) is 28.2 Å². The molecular formula is C17H13ClFN3O2S. The van der Waals surface area contributed by atoms with Crippen LogP contribution < -0.4 is 16.2 Å². The highest BCUT2D eigenvalue weighted by molar-refractivity contribution is 7.80. The SMILES string of the molecule is Cc1c(C(=O)NNC(=S)Nc2ccc(F)c(Cl)c2)oc2ccccc12. The molecule has 0 radical (unpaired) electrons. The summed E-state index contributed by atoms with van der Waals surface area (Å²) < 4.78 is 18.7. The van der Waals surface area contributed by atoms with E-state index >= 15 is 0 Å². The quantitative estimate of drug-likeness (QED) is 0.462. The average Bonchev–Trinajstić information content (AvgIpc) is 2.93. The second-order valence-electron chi connectivity index (χ2n) is 5.21. The van der Waals surface area contributed by atoms with Crippen molar-refractivity contribution in [1.82, 2.24) is 10.9 Å². The van der Waals surface area contributed by atoms with Gasteiger partial charge in [-0.1, -0.05) is 29.8 Å². The van der Waals surface area contributed by atoms with Crippen LogP contribution in [0.15, 0.2) is 46.9 Å². The number of carbonyl (C=O) groups excluding carboxylic acids is 1. The van der Waals surface area contributed by atoms with Crippen molar-refractivity contribution in [1.29, 1.82) is 0 Å². The lowest BCUT2D eigenvalue weighted by Crippen LogP contribution is -2.43. The van der Waals surface area contributed by atoms with Gasteiger partial charge in [-0.15, -0.1) is 0 Å². The number of hydrazine groups is 1. The maximum atomic E-state index is 13.1. The molecule has 0 fully saturated rings. The Hall–Kier alpha value is -2.64. The summed E-state index contributed by atoms with van der Waals surface area (Å²) in [6.45, 7) is 1.80. The number of anilines is 1. The summed E-state index contributed by atoms with van der Waals surface area (Å²) in [4.78, 5) is 12.3. The van der Waals surface area contributed by atoms with Crippen LogP contribution in [0.5, 0.6) is 0 Å². The van der Waals surface area contributed by atoms with Gasteiger partial charge in [-0.2, -0.15) is 0 Å². The van der Waals surface area contributed by atoms with E-state index in [1.54, 1.807) is 13.0 Å². The van der Waals surface area contributed by atoms with Crippen molar-refractivity contribution >= 4 is 51.5 Å². The first-order chi connectivity index (χ1) is 12.0. The summed E-state index contributed by atoms with van der Waals surface area (Å²) >= 11 is 10.8. The predicted molar refractivity (Wildman–Crippen MR) is 99.2 cm³/mol. The van der Waals surface area contributed by atoms with E-state index < -0.39 is 11.7 Å². The Morgan fingerprint density at radius 3 is 2.68 bits per heavy atom. The van der Waals surface area contributed by atoms with Gasteiger partial charge in [0, 0.05) is 16.6 Å². The van der Waals surface area contributed by atoms with Crippen molar-refractivity contribution in [3.05, 3.63) is 64.6 Å². The second kappa shape index (κ2) is 7.08. The Morgan fingerprint density at radius 2 is 1.96 bits per heavy atom. The van der Waals surface area contributed by atoms with E-state index in [9.17, 15) is 9.18 Å². The first kappa shape index (κ1) is 17.2. The van der Waals surface area contributed by atoms with E-state index in [2.05, 4.69) is 16.2 Å². The van der Waals surface area contributed by atoms with Crippen LogP contribution in [0.3, 0.4) is 0 Å². The molecule has 1 aromatic heterocycles. The predicted octanol–water partition coefficient (Wildman–Crippen LogP) is 4.17. The van der Waals surface area contributed by atoms with Gasteiger partial charge in [-0.05, 0) is 43.4 Å². The molecule has 3 aromatic rings. The summed E-state index contributed by atoms with van der Waals surface area (Å²) in [6.07, 6.45) is 0. The number of amides is 1. The molecule has 0 aliphatic rings. The van der Waals surface area contributed by atoms with E-state index in [1.807, 2.05) is 18.2 Å². The normalized spacial score (nSPS) is 10.5. The zero-order valence-corrected chi connectivity index (χ0v) is 14.6. The summed E-state index contributed by atoms with van der Waals surface area (Å²) in [7, 11) is 0. The molecule has 128 valence electrons. The number of furan rings is 1. The van der Waals surface area contributed by atoms with E-state index in [0.717, 1.165) is 10.9 Å². The fraction of sp³-hybridized carbons (Fsp3) is 0.0588. The van der Waals surface area contributed by atoms with Gasteiger partial charge in [0.1, 0.15) is 11.4 Å². The number of thiocarbonyl (C=S) groups is 1. The van der Waals surface area contributed by atoms with Gasteiger partial charge in [0.25, 0.3) is 0 Å². The van der Waals surface area contributed by atoms with Crippen LogP contribution in [0.4, 0.5) is 10.1 Å². The van der Waals surface area contributed by atoms with Crippen molar-refractivity contribution in [2.45, 2.75) is 6.92 Å². The smallest absolute Gasteiger partial charge is 0.305 e. The molecule has 0 spiro atoms. The van der Waals surface area contributed by atoms with E-state index in [1.165, 1.54) is 18.2 Å². The highest BCUT2D eigenvalue weighted by Gasteiger charge is 2.17. The first-order valence-corrected chi connectivity index (χ1v) is 8.05. The summed E-state index contributed by atoms with van der Waals surface area (Å²) in [5, 5.41) is 3.73. The Bertz CT molecular complexity index is 974. The van der Waals surface area contributed by atoms with E-state index in [-0.39, 0.29) is 15.9 Å². The number of fused-ring (bicyclic) bond motifs is 1. The molecule has 2 aromatic carbocycles. The fourth-order valence-corrected chi connectivity index (χ4v) is 2.65. The number of para-hydroxylation sites is 1. The van der Waals surface area contributed by atoms with Gasteiger partial charge in [0.15, 0.2) is 10.9 Å². The number of hydrogen-bond acceptors (Lipinski definition) is 3. The molecule has 3 N–H and O–H groups in total. The van der Waals surface area contributed by atoms with Crippen LogP contribution in [-0.4, -0.2) is 11.0 Å². The zero-order chi connectivity index (χ0) is 18.0. The molecule has 0 saturated heterocycles. The minimum absolute atomic E-state index is 0.0327. The third-order valence-electron chi connectivity index (χ3n) is 3.52. The molecular weight excluding hydrogens is 365 g/mol. The van der Waals surface area contributed by atoms with Crippen molar-refractivity contribution in [2.24, 2.45) is 0 Å². The number of carbonyl (C=O) groups is 1. The minimum atomic E-state index is -0.528. The van der Waals surface area contributed by atoms with Crippen LogP contribution in [0.25, 0.3) is 11.0 Å². The summed E-state index contributed by atoms with van der Waals surface area (Å²) in [5.74, 6) is -0.795. The lowest BCUT2D eigenvalue weighted by molar-refractivity contribution is 0.0917. The van der Waals surface area contributed by atoms with Crippen LogP contribution in [-0.2, 0) is 0 Å². The van der Waals surface area contributed by atoms with Gasteiger partial charge in [-0.3, -0.25) is 15.6 Å². The zero-order valence-electron chi connectivity index (χ0n) is 13.0. The van der Waals surface area contributed by atoms with Crippen molar-refractivity contribution in [2.75, 3.05) is 5.32 Å². The van der Waals surface area contributed by atoms with Crippen LogP contribution in [0.1, 0.15) is 16.1 Å². The summed E-state index contributed by atoms with van der Waals surface area (Å²) in [6, 6.07) is 11.4. The van der Waals surface area contributed by atoms with Gasteiger partial charge >= 0.3 is 5.91 Å². The highest BCUT2D eigenvalue weighted by atomic mass is 35.5. The topological polar surface area (TPSA) is 66.3 Å². The Labute approximate surface area is 153 Å².